The molecule has 3 fully saturated rings. The monoisotopic (exact) mass is 280 g/mol. The van der Waals surface area contributed by atoms with Crippen molar-refractivity contribution in [1.29, 1.82) is 0 Å². The Morgan fingerprint density at radius 3 is 2.27 bits per heavy atom. The minimum Gasteiger partial charge on any atom is -0.378 e. The molecule has 15 heavy (non-hydrogen) atoms. The van der Waals surface area contributed by atoms with Gasteiger partial charge in [0.1, 0.15) is 4.93 Å². The number of thioether (sulfide) groups is 4. The lowest BCUT2D eigenvalue weighted by Crippen LogP contribution is -2.52. The molecule has 0 saturated carbocycles. The van der Waals surface area contributed by atoms with Crippen LogP contribution in [0.25, 0.3) is 0 Å². The lowest BCUT2D eigenvalue weighted by Gasteiger charge is -2.53. The molecule has 5 atom stereocenters. The lowest BCUT2D eigenvalue weighted by molar-refractivity contribution is 0.150. The Kier molecular flexibility index (Phi) is 2.17. The lowest BCUT2D eigenvalue weighted by atomic mass is 10.2. The molecule has 3 aliphatic heterocycles. The summed E-state index contributed by atoms with van der Waals surface area (Å²) in [5.41, 5.74) is 0. The average Bonchev–Trinajstić information content (AvgIpc) is 2.08. The minimum absolute atomic E-state index is 0.193. The van der Waals surface area contributed by atoms with Crippen molar-refractivity contribution < 1.29 is 5.11 Å². The number of aliphatic hydroxyl groups is 1. The van der Waals surface area contributed by atoms with Gasteiger partial charge >= 0.3 is 0 Å². The Morgan fingerprint density at radius 1 is 1.00 bits per heavy atom. The summed E-state index contributed by atoms with van der Waals surface area (Å²) in [6.07, 6.45) is 1.19. The van der Waals surface area contributed by atoms with Crippen LogP contribution in [0.1, 0.15) is 34.1 Å². The standard InChI is InChI=1S/C10H16OS4/c1-7-5-8(2)13-9(3,11)6(12-7)10(4,14-7)15-8/h6,11H,5H2,1-4H3. The van der Waals surface area contributed by atoms with Crippen LogP contribution in [0.3, 0.4) is 0 Å². The third kappa shape index (κ3) is 1.53. The van der Waals surface area contributed by atoms with E-state index in [0.717, 1.165) is 0 Å². The molecule has 86 valence electrons. The molecule has 3 saturated heterocycles. The van der Waals surface area contributed by atoms with E-state index in [4.69, 9.17) is 0 Å². The fourth-order valence-corrected chi connectivity index (χ4v) is 14.4. The number of rotatable bonds is 0. The molecule has 5 unspecified atom stereocenters. The smallest absolute Gasteiger partial charge is 0.123 e. The zero-order valence-corrected chi connectivity index (χ0v) is 12.6. The fourth-order valence-electron chi connectivity index (χ4n) is 3.21. The van der Waals surface area contributed by atoms with Gasteiger partial charge in [-0.2, -0.15) is 0 Å². The summed E-state index contributed by atoms with van der Waals surface area (Å²) in [5, 5.41) is 11.0. The molecular formula is C10H16OS4. The highest BCUT2D eigenvalue weighted by Crippen LogP contribution is 2.80. The van der Waals surface area contributed by atoms with E-state index in [2.05, 4.69) is 44.3 Å². The van der Waals surface area contributed by atoms with E-state index in [1.54, 1.807) is 11.8 Å². The molecule has 0 aromatic carbocycles. The van der Waals surface area contributed by atoms with E-state index in [0.29, 0.717) is 9.33 Å². The molecule has 3 aliphatic rings. The quantitative estimate of drug-likeness (QED) is 0.729. The number of hydrogen-bond donors (Lipinski definition) is 1. The molecule has 0 amide bonds. The molecule has 3 bridgehead atoms. The largest absolute Gasteiger partial charge is 0.378 e. The van der Waals surface area contributed by atoms with Crippen LogP contribution in [-0.2, 0) is 0 Å². The Hall–Kier alpha value is 1.36. The van der Waals surface area contributed by atoms with Crippen LogP contribution in [0.2, 0.25) is 0 Å². The van der Waals surface area contributed by atoms with Crippen LogP contribution in [0, 0.1) is 0 Å². The topological polar surface area (TPSA) is 20.2 Å². The van der Waals surface area contributed by atoms with Crippen LogP contribution in [0.4, 0.5) is 0 Å². The predicted molar refractivity (Wildman–Crippen MR) is 74.6 cm³/mol. The molecule has 0 aliphatic carbocycles. The van der Waals surface area contributed by atoms with Crippen molar-refractivity contribution in [3.05, 3.63) is 0 Å². The molecule has 0 radical (unpaired) electrons. The molecule has 5 heteroatoms. The van der Waals surface area contributed by atoms with Gasteiger partial charge in [-0.15, -0.1) is 47.0 Å². The van der Waals surface area contributed by atoms with Gasteiger partial charge in [0.15, 0.2) is 0 Å². The van der Waals surface area contributed by atoms with Crippen molar-refractivity contribution in [2.45, 2.75) is 56.5 Å². The fraction of sp³-hybridized carbons (Fsp3) is 1.00. The number of fused-ring (bicyclic) bond motifs is 2. The summed E-state index contributed by atoms with van der Waals surface area (Å²) in [6, 6.07) is 0. The van der Waals surface area contributed by atoms with Gasteiger partial charge in [-0.25, -0.2) is 0 Å². The summed E-state index contributed by atoms with van der Waals surface area (Å²) in [4.78, 5) is -0.569. The highest BCUT2D eigenvalue weighted by molar-refractivity contribution is 8.35. The maximum Gasteiger partial charge on any atom is 0.123 e. The summed E-state index contributed by atoms with van der Waals surface area (Å²) in [6.45, 7) is 8.97. The van der Waals surface area contributed by atoms with Gasteiger partial charge in [-0.1, -0.05) is 0 Å². The SMILES string of the molecule is CC12CC3(C)SC(C)(O)C(S1)C(C)(S2)S3. The highest BCUT2D eigenvalue weighted by Gasteiger charge is 2.69. The molecule has 0 spiro atoms. The van der Waals surface area contributed by atoms with E-state index < -0.39 is 4.93 Å². The van der Waals surface area contributed by atoms with Crippen molar-refractivity contribution in [2.75, 3.05) is 0 Å². The van der Waals surface area contributed by atoms with Crippen LogP contribution in [0.5, 0.6) is 0 Å². The zero-order chi connectivity index (χ0) is 11.1. The molecule has 0 aromatic rings. The second kappa shape index (κ2) is 2.85. The van der Waals surface area contributed by atoms with Crippen LogP contribution < -0.4 is 0 Å². The second-order valence-corrected chi connectivity index (χ2v) is 13.5. The second-order valence-electron chi connectivity index (χ2n) is 5.32. The van der Waals surface area contributed by atoms with E-state index in [1.807, 2.05) is 18.7 Å². The summed E-state index contributed by atoms with van der Waals surface area (Å²) in [7, 11) is 0. The first kappa shape index (κ1) is 11.5. The number of hydrogen-bond acceptors (Lipinski definition) is 5. The van der Waals surface area contributed by atoms with Gasteiger partial charge in [0.25, 0.3) is 0 Å². The van der Waals surface area contributed by atoms with Crippen molar-refractivity contribution in [2.24, 2.45) is 0 Å². The summed E-state index contributed by atoms with van der Waals surface area (Å²) in [5.74, 6) is 0. The Morgan fingerprint density at radius 2 is 1.60 bits per heavy atom. The molecule has 1 nitrogen and oxygen atoms in total. The minimum atomic E-state index is -0.569. The maximum absolute atomic E-state index is 10.6. The Bertz CT molecular complexity index is 324. The average molecular weight is 281 g/mol. The normalized spacial score (nSPS) is 67.4. The molecule has 0 aromatic heterocycles. The molecule has 3 rings (SSSR count). The van der Waals surface area contributed by atoms with E-state index in [-0.39, 0.29) is 8.16 Å². The van der Waals surface area contributed by atoms with E-state index in [9.17, 15) is 5.11 Å². The van der Waals surface area contributed by atoms with Gasteiger partial charge in [0.05, 0.1) is 17.5 Å². The van der Waals surface area contributed by atoms with Crippen molar-refractivity contribution >= 4 is 47.0 Å². The van der Waals surface area contributed by atoms with Gasteiger partial charge < -0.3 is 5.11 Å². The summed E-state index contributed by atoms with van der Waals surface area (Å²) < 4.78 is 0.701. The van der Waals surface area contributed by atoms with Gasteiger partial charge in [-0.3, -0.25) is 0 Å². The first-order valence-electron chi connectivity index (χ1n) is 5.17. The summed E-state index contributed by atoms with van der Waals surface area (Å²) >= 11 is 7.92. The van der Waals surface area contributed by atoms with Crippen molar-refractivity contribution in [3.8, 4) is 0 Å². The molecular weight excluding hydrogens is 264 g/mol. The third-order valence-corrected chi connectivity index (χ3v) is 10.7. The van der Waals surface area contributed by atoms with Crippen LogP contribution >= 0.6 is 47.0 Å². The molecule has 1 N–H and O–H groups in total. The van der Waals surface area contributed by atoms with E-state index in [1.165, 1.54) is 6.42 Å². The zero-order valence-electron chi connectivity index (χ0n) is 9.36. The highest BCUT2D eigenvalue weighted by atomic mass is 32.3. The Balaban J connectivity index is 2.13. The molecule has 3 heterocycles. The van der Waals surface area contributed by atoms with Crippen LogP contribution in [-0.4, -0.2) is 27.5 Å². The van der Waals surface area contributed by atoms with E-state index >= 15 is 0 Å². The van der Waals surface area contributed by atoms with Gasteiger partial charge in [0, 0.05) is 0 Å². The van der Waals surface area contributed by atoms with Gasteiger partial charge in [0.2, 0.25) is 0 Å². The van der Waals surface area contributed by atoms with Gasteiger partial charge in [-0.05, 0) is 34.1 Å². The van der Waals surface area contributed by atoms with Crippen LogP contribution in [0.15, 0.2) is 0 Å². The van der Waals surface area contributed by atoms with Crippen molar-refractivity contribution in [3.63, 3.8) is 0 Å². The maximum atomic E-state index is 10.6. The predicted octanol–water partition coefficient (Wildman–Crippen LogP) is 3.58. The first-order chi connectivity index (χ1) is 6.67. The van der Waals surface area contributed by atoms with Crippen molar-refractivity contribution in [1.82, 2.24) is 0 Å². The Labute approximate surface area is 108 Å². The third-order valence-electron chi connectivity index (χ3n) is 3.23. The first-order valence-corrected chi connectivity index (χ1v) is 8.50.